The second kappa shape index (κ2) is 13.1. The minimum Gasteiger partial charge on any atom is -0.253 e. The van der Waals surface area contributed by atoms with E-state index in [1.807, 2.05) is 11.3 Å². The van der Waals surface area contributed by atoms with Crippen LogP contribution in [0.3, 0.4) is 0 Å². The van der Waals surface area contributed by atoms with Crippen LogP contribution in [0.1, 0.15) is 64.8 Å². The predicted octanol–water partition coefficient (Wildman–Crippen LogP) is 12.5. The molecule has 0 spiro atoms. The van der Waals surface area contributed by atoms with Gasteiger partial charge in [0, 0.05) is 15.3 Å². The summed E-state index contributed by atoms with van der Waals surface area (Å²) in [6.07, 6.45) is 23.3. The number of rotatable bonds is 6. The fraction of sp³-hybridized carbons (Fsp3) is 0.170. The molecule has 2 atom stereocenters. The number of nitrogens with zero attached hydrogens (tertiary/aromatic N) is 1. The van der Waals surface area contributed by atoms with Crippen molar-refractivity contribution < 1.29 is 0 Å². The Kier molecular flexibility index (Phi) is 8.03. The Hall–Kier alpha value is -5.05. The third kappa shape index (κ3) is 5.96. The van der Waals surface area contributed by atoms with Crippen LogP contribution in [0, 0.1) is 11.8 Å². The van der Waals surface area contributed by atoms with Crippen LogP contribution in [0.4, 0.5) is 0 Å². The molecule has 5 aromatic rings. The maximum absolute atomic E-state index is 5.18. The third-order valence-corrected chi connectivity index (χ3v) is 11.9. The van der Waals surface area contributed by atoms with Crippen LogP contribution in [0.25, 0.3) is 32.5 Å². The number of hydrogen-bond acceptors (Lipinski definition) is 2. The minimum atomic E-state index is 0.385. The molecule has 0 fully saturated rings. The number of thiophene rings is 1. The first-order valence-corrected chi connectivity index (χ1v) is 18.6. The van der Waals surface area contributed by atoms with Crippen molar-refractivity contribution in [1.82, 2.24) is 0 Å². The average Bonchev–Trinajstić information content (AvgIpc) is 3.58. The number of fused-ring (bicyclic) bond motifs is 3. The largest absolute Gasteiger partial charge is 0.253 e. The Labute approximate surface area is 293 Å². The number of aliphatic imine (C=N–C) groups is 1. The standard InChI is InChI=1S/C47H39NS/c1-3-12-34(13-4-1)44-30-40(31-45(48-44)35-14-5-2-6-15-35)38-18-9-16-36(28-38)32-24-26-33(27-25-32)37-17-10-19-39(29-37)41-21-11-22-43-42-20-7-8-23-46(42)49-47(41)43/h1-9,12-16,18-21,23-27,29-30,38,40H,10-11,17,22,28,31H2. The molecule has 2 heteroatoms. The lowest BCUT2D eigenvalue weighted by Crippen LogP contribution is -2.21. The molecule has 1 aromatic heterocycles. The van der Waals surface area contributed by atoms with Crippen LogP contribution in [0.15, 0.2) is 162 Å². The topological polar surface area (TPSA) is 12.4 Å². The molecule has 4 aromatic carbocycles. The molecule has 9 rings (SSSR count). The summed E-state index contributed by atoms with van der Waals surface area (Å²) < 4.78 is 1.41. The van der Waals surface area contributed by atoms with E-state index in [2.05, 4.69) is 152 Å². The molecule has 0 bridgehead atoms. The quantitative estimate of drug-likeness (QED) is 0.174. The molecule has 49 heavy (non-hydrogen) atoms. The maximum atomic E-state index is 5.18. The van der Waals surface area contributed by atoms with Crippen molar-refractivity contribution in [3.8, 4) is 0 Å². The molecule has 0 saturated heterocycles. The van der Waals surface area contributed by atoms with Gasteiger partial charge in [-0.1, -0.05) is 146 Å². The SMILES string of the molecule is C1=CC(C2C=C(c3ccccc3)N=C(c3ccccc3)C2)CC(c2ccc(C3=CC(C4=CCCc5c4sc4ccccc54)=CCC3)cc2)=C1. The second-order valence-electron chi connectivity index (χ2n) is 13.7. The van der Waals surface area contributed by atoms with Gasteiger partial charge < -0.3 is 0 Å². The fourth-order valence-electron chi connectivity index (χ4n) is 8.07. The van der Waals surface area contributed by atoms with Crippen molar-refractivity contribution in [3.05, 3.63) is 190 Å². The zero-order chi connectivity index (χ0) is 32.6. The normalized spacial score (nSPS) is 20.4. The summed E-state index contributed by atoms with van der Waals surface area (Å²) in [4.78, 5) is 6.66. The summed E-state index contributed by atoms with van der Waals surface area (Å²) in [5.74, 6) is 0.805. The van der Waals surface area contributed by atoms with E-state index in [1.54, 1.807) is 5.56 Å². The lowest BCUT2D eigenvalue weighted by Gasteiger charge is -2.29. The molecule has 0 radical (unpaired) electrons. The first-order valence-electron chi connectivity index (χ1n) is 17.8. The molecular weight excluding hydrogens is 611 g/mol. The Bertz CT molecular complexity index is 2250. The van der Waals surface area contributed by atoms with Crippen molar-refractivity contribution in [2.75, 3.05) is 0 Å². The number of allylic oxidation sites excluding steroid dienone is 11. The molecule has 1 nitrogen and oxygen atoms in total. The van der Waals surface area contributed by atoms with Gasteiger partial charge in [0.05, 0.1) is 5.70 Å². The van der Waals surface area contributed by atoms with Crippen LogP contribution in [0.5, 0.6) is 0 Å². The van der Waals surface area contributed by atoms with Gasteiger partial charge in [0.2, 0.25) is 0 Å². The highest BCUT2D eigenvalue weighted by Crippen LogP contribution is 2.44. The third-order valence-electron chi connectivity index (χ3n) is 10.6. The molecule has 2 unspecified atom stereocenters. The Morgan fingerprint density at radius 3 is 2.14 bits per heavy atom. The van der Waals surface area contributed by atoms with Gasteiger partial charge in [0.1, 0.15) is 0 Å². The van der Waals surface area contributed by atoms with Gasteiger partial charge >= 0.3 is 0 Å². The van der Waals surface area contributed by atoms with Gasteiger partial charge in [0.25, 0.3) is 0 Å². The van der Waals surface area contributed by atoms with E-state index >= 15 is 0 Å². The maximum Gasteiger partial charge on any atom is 0.0668 e. The van der Waals surface area contributed by atoms with Gasteiger partial charge in [-0.3, -0.25) is 4.99 Å². The molecular formula is C47H39NS. The van der Waals surface area contributed by atoms with Crippen LogP contribution in [-0.2, 0) is 6.42 Å². The van der Waals surface area contributed by atoms with Gasteiger partial charge in [-0.25, -0.2) is 0 Å². The monoisotopic (exact) mass is 649 g/mol. The molecule has 4 aliphatic rings. The van der Waals surface area contributed by atoms with Gasteiger partial charge in [0.15, 0.2) is 0 Å². The highest BCUT2D eigenvalue weighted by molar-refractivity contribution is 7.20. The van der Waals surface area contributed by atoms with E-state index in [0.29, 0.717) is 11.8 Å². The number of aryl methyl sites for hydroxylation is 1. The zero-order valence-corrected chi connectivity index (χ0v) is 28.5. The van der Waals surface area contributed by atoms with Crippen LogP contribution in [0.2, 0.25) is 0 Å². The van der Waals surface area contributed by atoms with E-state index in [4.69, 9.17) is 4.99 Å². The Morgan fingerprint density at radius 2 is 1.33 bits per heavy atom. The van der Waals surface area contributed by atoms with Crippen molar-refractivity contribution in [1.29, 1.82) is 0 Å². The van der Waals surface area contributed by atoms with Gasteiger partial charge in [-0.15, -0.1) is 11.3 Å². The average molecular weight is 650 g/mol. The molecule has 0 amide bonds. The molecule has 3 aliphatic carbocycles. The first-order chi connectivity index (χ1) is 24.3. The molecule has 1 aliphatic heterocycles. The Morgan fingerprint density at radius 1 is 0.612 bits per heavy atom. The first kappa shape index (κ1) is 30.0. The van der Waals surface area contributed by atoms with Crippen molar-refractivity contribution in [3.63, 3.8) is 0 Å². The summed E-state index contributed by atoms with van der Waals surface area (Å²) in [7, 11) is 0. The molecule has 238 valence electrons. The van der Waals surface area contributed by atoms with Crippen LogP contribution < -0.4 is 0 Å². The number of hydrogen-bond donors (Lipinski definition) is 0. The van der Waals surface area contributed by atoms with E-state index in [1.165, 1.54) is 65.2 Å². The van der Waals surface area contributed by atoms with Crippen molar-refractivity contribution >= 4 is 49.6 Å². The fourth-order valence-corrected chi connectivity index (χ4v) is 9.38. The van der Waals surface area contributed by atoms with E-state index in [0.717, 1.165) is 44.2 Å². The van der Waals surface area contributed by atoms with Crippen LogP contribution >= 0.6 is 11.3 Å². The summed E-state index contributed by atoms with van der Waals surface area (Å²) in [5.41, 5.74) is 14.6. The lowest BCUT2D eigenvalue weighted by molar-refractivity contribution is 0.493. The summed E-state index contributed by atoms with van der Waals surface area (Å²) >= 11 is 1.96. The Balaban J connectivity index is 0.944. The molecule has 0 saturated carbocycles. The second-order valence-corrected chi connectivity index (χ2v) is 14.7. The molecule has 2 heterocycles. The summed E-state index contributed by atoms with van der Waals surface area (Å²) in [6.45, 7) is 0. The van der Waals surface area contributed by atoms with Crippen molar-refractivity contribution in [2.24, 2.45) is 16.8 Å². The van der Waals surface area contributed by atoms with Gasteiger partial charge in [-0.05, 0) is 112 Å². The summed E-state index contributed by atoms with van der Waals surface area (Å²) in [6, 6.07) is 39.7. The van der Waals surface area contributed by atoms with Gasteiger partial charge in [-0.2, -0.15) is 0 Å². The predicted molar refractivity (Wildman–Crippen MR) is 211 cm³/mol. The zero-order valence-electron chi connectivity index (χ0n) is 27.7. The minimum absolute atomic E-state index is 0.385. The smallest absolute Gasteiger partial charge is 0.0668 e. The highest BCUT2D eigenvalue weighted by atomic mass is 32.1. The summed E-state index contributed by atoms with van der Waals surface area (Å²) in [5, 5.41) is 1.44. The van der Waals surface area contributed by atoms with E-state index < -0.39 is 0 Å². The van der Waals surface area contributed by atoms with Crippen LogP contribution in [-0.4, -0.2) is 5.71 Å². The van der Waals surface area contributed by atoms with E-state index in [-0.39, 0.29) is 0 Å². The number of benzene rings is 4. The lowest BCUT2D eigenvalue weighted by atomic mass is 9.77. The van der Waals surface area contributed by atoms with E-state index in [9.17, 15) is 0 Å². The highest BCUT2D eigenvalue weighted by Gasteiger charge is 2.27. The molecule has 0 N–H and O–H groups in total. The van der Waals surface area contributed by atoms with Crippen molar-refractivity contribution in [2.45, 2.75) is 38.5 Å².